The molecule has 7 heteroatoms. The Hall–Kier alpha value is -0.820. The van der Waals surface area contributed by atoms with Gasteiger partial charge in [-0.3, -0.25) is 4.79 Å². The molecule has 0 aromatic heterocycles. The zero-order valence-corrected chi connectivity index (χ0v) is 10.8. The van der Waals surface area contributed by atoms with Crippen LogP contribution in [0.2, 0.25) is 0 Å². The van der Waals surface area contributed by atoms with Crippen LogP contribution in [-0.2, 0) is 4.79 Å². The molecule has 0 aromatic carbocycles. The maximum Gasteiger partial charge on any atom is 0.391 e. The Kier molecular flexibility index (Phi) is 5.20. The fourth-order valence-corrected chi connectivity index (χ4v) is 2.25. The molecule has 3 N–H and O–H groups in total. The van der Waals surface area contributed by atoms with Gasteiger partial charge in [-0.25, -0.2) is 0 Å². The van der Waals surface area contributed by atoms with Gasteiger partial charge in [0.1, 0.15) is 0 Å². The minimum absolute atomic E-state index is 0.0601. The molecule has 2 unspecified atom stereocenters. The molecule has 1 fully saturated rings. The number of nitrogens with one attached hydrogen (secondary N) is 1. The van der Waals surface area contributed by atoms with Gasteiger partial charge >= 0.3 is 6.18 Å². The lowest BCUT2D eigenvalue weighted by molar-refractivity contribution is -0.186. The van der Waals surface area contributed by atoms with Crippen LogP contribution in [0.5, 0.6) is 0 Å². The highest BCUT2D eigenvalue weighted by Gasteiger charge is 2.44. The van der Waals surface area contributed by atoms with Crippen molar-refractivity contribution in [2.45, 2.75) is 44.3 Å². The average molecular weight is 283 g/mol. The quantitative estimate of drug-likeness (QED) is 0.726. The van der Waals surface area contributed by atoms with Crippen LogP contribution in [0.25, 0.3) is 0 Å². The maximum atomic E-state index is 12.6. The zero-order chi connectivity index (χ0) is 14.7. The summed E-state index contributed by atoms with van der Waals surface area (Å²) in [6.45, 7) is 0.504. The van der Waals surface area contributed by atoms with Gasteiger partial charge in [-0.1, -0.05) is 6.42 Å². The molecule has 1 aliphatic rings. The Labute approximate surface area is 110 Å². The van der Waals surface area contributed by atoms with E-state index >= 15 is 0 Å². The Balaban J connectivity index is 2.62. The molecule has 0 radical (unpaired) electrons. The van der Waals surface area contributed by atoms with Gasteiger partial charge in [-0.05, 0) is 26.2 Å². The summed E-state index contributed by atoms with van der Waals surface area (Å²) in [6, 6.07) is 0. The van der Waals surface area contributed by atoms with Crippen molar-refractivity contribution >= 4 is 5.91 Å². The minimum Gasteiger partial charge on any atom is -0.394 e. The first kappa shape index (κ1) is 16.2. The first-order valence-electron chi connectivity index (χ1n) is 6.32. The number of rotatable bonds is 4. The lowest BCUT2D eigenvalue weighted by Crippen LogP contribution is -2.54. The molecule has 0 aliphatic heterocycles. The molecule has 1 aliphatic carbocycles. The predicted molar refractivity (Wildman–Crippen MR) is 62.2 cm³/mol. The summed E-state index contributed by atoms with van der Waals surface area (Å²) in [6.07, 6.45) is -3.66. The summed E-state index contributed by atoms with van der Waals surface area (Å²) < 4.78 is 37.9. The van der Waals surface area contributed by atoms with E-state index in [0.29, 0.717) is 12.8 Å². The number of halogens is 3. The Morgan fingerprint density at radius 3 is 2.32 bits per heavy atom. The van der Waals surface area contributed by atoms with Gasteiger partial charge < -0.3 is 15.5 Å². The van der Waals surface area contributed by atoms with Crippen molar-refractivity contribution in [2.24, 2.45) is 11.8 Å². The van der Waals surface area contributed by atoms with Crippen LogP contribution in [0.3, 0.4) is 0 Å². The summed E-state index contributed by atoms with van der Waals surface area (Å²) in [7, 11) is 0. The molecule has 0 spiro atoms. The third-order valence-electron chi connectivity index (χ3n) is 3.63. The molecule has 19 heavy (non-hydrogen) atoms. The van der Waals surface area contributed by atoms with E-state index in [4.69, 9.17) is 10.2 Å². The Morgan fingerprint density at radius 1 is 1.26 bits per heavy atom. The van der Waals surface area contributed by atoms with Gasteiger partial charge in [0.25, 0.3) is 0 Å². The molecule has 1 saturated carbocycles. The van der Waals surface area contributed by atoms with E-state index < -0.39 is 42.7 Å². The number of hydrogen-bond acceptors (Lipinski definition) is 3. The zero-order valence-electron chi connectivity index (χ0n) is 10.8. The van der Waals surface area contributed by atoms with Crippen LogP contribution >= 0.6 is 0 Å². The topological polar surface area (TPSA) is 69.6 Å². The number of amides is 1. The molecule has 0 aromatic rings. The van der Waals surface area contributed by atoms with Crippen LogP contribution < -0.4 is 5.32 Å². The molecular formula is C12H20F3NO3. The van der Waals surface area contributed by atoms with Crippen molar-refractivity contribution in [1.29, 1.82) is 0 Å². The van der Waals surface area contributed by atoms with Crippen molar-refractivity contribution in [2.75, 3.05) is 13.2 Å². The van der Waals surface area contributed by atoms with Crippen LogP contribution in [0, 0.1) is 11.8 Å². The van der Waals surface area contributed by atoms with E-state index in [0.717, 1.165) is 0 Å². The van der Waals surface area contributed by atoms with E-state index in [9.17, 15) is 18.0 Å². The lowest BCUT2D eigenvalue weighted by atomic mass is 9.80. The van der Waals surface area contributed by atoms with Crippen molar-refractivity contribution < 1.29 is 28.2 Å². The highest BCUT2D eigenvalue weighted by Crippen LogP contribution is 2.40. The predicted octanol–water partition coefficient (Wildman–Crippen LogP) is 1.21. The molecule has 1 rings (SSSR count). The molecule has 0 saturated heterocycles. The van der Waals surface area contributed by atoms with E-state index in [1.165, 1.54) is 6.92 Å². The minimum atomic E-state index is -4.27. The van der Waals surface area contributed by atoms with Gasteiger partial charge in [0.2, 0.25) is 5.91 Å². The fraction of sp³-hybridized carbons (Fsp3) is 0.917. The second-order valence-electron chi connectivity index (χ2n) is 5.47. The Morgan fingerprint density at radius 2 is 1.84 bits per heavy atom. The highest BCUT2D eigenvalue weighted by molar-refractivity contribution is 5.79. The van der Waals surface area contributed by atoms with Crippen LogP contribution in [0.15, 0.2) is 0 Å². The summed E-state index contributed by atoms with van der Waals surface area (Å²) in [5.41, 5.74) is -1.19. The molecule has 4 nitrogen and oxygen atoms in total. The third-order valence-corrected chi connectivity index (χ3v) is 3.63. The summed E-state index contributed by atoms with van der Waals surface area (Å²) in [5, 5.41) is 20.5. The number of carbonyl (C=O) groups is 1. The van der Waals surface area contributed by atoms with Crippen molar-refractivity contribution in [3.8, 4) is 0 Å². The van der Waals surface area contributed by atoms with Gasteiger partial charge in [-0.2, -0.15) is 13.2 Å². The number of alkyl halides is 3. The fourth-order valence-electron chi connectivity index (χ4n) is 2.25. The lowest BCUT2D eigenvalue weighted by Gasteiger charge is -2.33. The van der Waals surface area contributed by atoms with Crippen molar-refractivity contribution in [3.05, 3.63) is 0 Å². The number of hydrogen-bond donors (Lipinski definition) is 3. The summed E-state index contributed by atoms with van der Waals surface area (Å²) in [4.78, 5) is 11.9. The van der Waals surface area contributed by atoms with E-state index in [-0.39, 0.29) is 12.8 Å². The van der Waals surface area contributed by atoms with Crippen LogP contribution in [0.4, 0.5) is 13.2 Å². The monoisotopic (exact) mass is 283 g/mol. The summed E-state index contributed by atoms with van der Waals surface area (Å²) >= 11 is 0. The van der Waals surface area contributed by atoms with Crippen molar-refractivity contribution in [1.82, 2.24) is 5.32 Å². The first-order chi connectivity index (χ1) is 8.72. The number of aliphatic hydroxyl groups is 2. The van der Waals surface area contributed by atoms with Gasteiger partial charge in [0, 0.05) is 5.92 Å². The molecular weight excluding hydrogens is 263 g/mol. The molecule has 1 amide bonds. The van der Waals surface area contributed by atoms with E-state index in [1.807, 2.05) is 0 Å². The van der Waals surface area contributed by atoms with Gasteiger partial charge in [0.15, 0.2) is 0 Å². The second kappa shape index (κ2) is 6.09. The van der Waals surface area contributed by atoms with Gasteiger partial charge in [0.05, 0.1) is 24.7 Å². The normalized spacial score (nSPS) is 25.2. The summed E-state index contributed by atoms with van der Waals surface area (Å²) in [5.74, 6) is -2.68. The smallest absolute Gasteiger partial charge is 0.391 e. The average Bonchev–Trinajstić information content (AvgIpc) is 2.37. The molecule has 112 valence electrons. The van der Waals surface area contributed by atoms with Crippen molar-refractivity contribution in [3.63, 3.8) is 0 Å². The Bertz CT molecular complexity index is 316. The number of carbonyl (C=O) groups excluding carboxylic acids is 1. The number of aliphatic hydroxyl groups excluding tert-OH is 2. The van der Waals surface area contributed by atoms with Crippen LogP contribution in [0.1, 0.15) is 32.6 Å². The largest absolute Gasteiger partial charge is 0.394 e. The second-order valence-corrected chi connectivity index (χ2v) is 5.47. The molecule has 0 bridgehead atoms. The standard InChI is InChI=1S/C12H20F3NO3/c1-11(6-17,7-18)16-10(19)8-3-2-4-9(5-8)12(13,14)15/h8-9,17-18H,2-7H2,1H3,(H,16,19). The third kappa shape index (κ3) is 4.35. The van der Waals surface area contributed by atoms with E-state index in [1.54, 1.807) is 0 Å². The highest BCUT2D eigenvalue weighted by atomic mass is 19.4. The first-order valence-corrected chi connectivity index (χ1v) is 6.32. The van der Waals surface area contributed by atoms with Gasteiger partial charge in [-0.15, -0.1) is 0 Å². The molecule has 0 heterocycles. The SMILES string of the molecule is CC(CO)(CO)NC(=O)C1CCCC(C(F)(F)F)C1. The maximum absolute atomic E-state index is 12.6. The van der Waals surface area contributed by atoms with E-state index in [2.05, 4.69) is 5.32 Å². The molecule has 2 atom stereocenters. The van der Waals surface area contributed by atoms with Crippen LogP contribution in [-0.4, -0.2) is 41.0 Å².